The summed E-state index contributed by atoms with van der Waals surface area (Å²) < 4.78 is 5.78. The highest BCUT2D eigenvalue weighted by Gasteiger charge is 2.20. The first-order chi connectivity index (χ1) is 17.3. The second kappa shape index (κ2) is 13.6. The van der Waals surface area contributed by atoms with E-state index in [9.17, 15) is 9.59 Å². The normalized spacial score (nSPS) is 15.0. The maximum absolute atomic E-state index is 12.2. The van der Waals surface area contributed by atoms with Crippen LogP contribution >= 0.6 is 11.6 Å². The highest BCUT2D eigenvalue weighted by atomic mass is 35.5. The van der Waals surface area contributed by atoms with E-state index in [1.807, 2.05) is 30.3 Å². The number of amides is 2. The molecule has 0 atom stereocenters. The average Bonchev–Trinajstić information content (AvgIpc) is 2.86. The van der Waals surface area contributed by atoms with Crippen molar-refractivity contribution < 1.29 is 14.3 Å². The number of anilines is 3. The van der Waals surface area contributed by atoms with Gasteiger partial charge in [0.2, 0.25) is 5.91 Å². The standard InChI is InChI=1S/C23H32ClN9O3/c24-19-21(26)31-20(25)18(30-19)22(35)32-23(27)28-10-4-5-11-33-12-8-16(9-13-33)36-14-17(34)29-15-6-2-1-3-7-15/h1-3,6-7,16H,4-5,8-14H2,(H,29,34)(H4,25,26,31)(H3,27,28,32,35). The van der Waals surface area contributed by atoms with Crippen molar-refractivity contribution in [2.24, 2.45) is 10.7 Å². The zero-order valence-corrected chi connectivity index (χ0v) is 20.7. The Balaban J connectivity index is 1.27. The number of guanidine groups is 1. The molecule has 1 aromatic heterocycles. The Bertz CT molecular complexity index is 1060. The van der Waals surface area contributed by atoms with E-state index in [2.05, 4.69) is 30.5 Å². The molecular weight excluding hydrogens is 486 g/mol. The summed E-state index contributed by atoms with van der Waals surface area (Å²) in [6, 6.07) is 9.33. The molecule has 3 rings (SSSR count). The van der Waals surface area contributed by atoms with Crippen LogP contribution in [0.3, 0.4) is 0 Å². The van der Waals surface area contributed by atoms with Crippen LogP contribution in [-0.2, 0) is 9.53 Å². The van der Waals surface area contributed by atoms with Gasteiger partial charge in [0.25, 0.3) is 5.91 Å². The number of para-hydroxylation sites is 1. The van der Waals surface area contributed by atoms with E-state index in [1.165, 1.54) is 0 Å². The van der Waals surface area contributed by atoms with Gasteiger partial charge in [0, 0.05) is 25.3 Å². The molecule has 1 fully saturated rings. The molecule has 0 spiro atoms. The number of likely N-dealkylation sites (tertiary alicyclic amines) is 1. The van der Waals surface area contributed by atoms with Gasteiger partial charge in [0.05, 0.1) is 6.10 Å². The molecule has 1 saturated heterocycles. The Labute approximate surface area is 214 Å². The summed E-state index contributed by atoms with van der Waals surface area (Å²) >= 11 is 5.79. The monoisotopic (exact) mass is 517 g/mol. The van der Waals surface area contributed by atoms with Crippen LogP contribution in [0.15, 0.2) is 35.3 Å². The van der Waals surface area contributed by atoms with E-state index < -0.39 is 5.91 Å². The van der Waals surface area contributed by atoms with Gasteiger partial charge in [-0.3, -0.25) is 19.9 Å². The smallest absolute Gasteiger partial charge is 0.280 e. The second-order valence-corrected chi connectivity index (χ2v) is 8.69. The molecule has 36 heavy (non-hydrogen) atoms. The van der Waals surface area contributed by atoms with Crippen LogP contribution in [0.5, 0.6) is 0 Å². The Morgan fingerprint density at radius 1 is 1.11 bits per heavy atom. The summed E-state index contributed by atoms with van der Waals surface area (Å²) in [5.74, 6) is -1.05. The number of nitrogen functional groups attached to an aromatic ring is 2. The largest absolute Gasteiger partial charge is 0.382 e. The molecule has 1 aromatic carbocycles. The van der Waals surface area contributed by atoms with Crippen molar-refractivity contribution in [1.29, 1.82) is 0 Å². The lowest BCUT2D eigenvalue weighted by Crippen LogP contribution is -2.38. The fourth-order valence-corrected chi connectivity index (χ4v) is 3.81. The summed E-state index contributed by atoms with van der Waals surface area (Å²) in [6.07, 6.45) is 3.60. The number of aromatic nitrogens is 2. The first-order valence-electron chi connectivity index (χ1n) is 11.7. The number of carbonyl (C=O) groups excluding carboxylic acids is 2. The molecule has 13 heteroatoms. The Kier molecular flexibility index (Phi) is 10.2. The second-order valence-electron chi connectivity index (χ2n) is 8.33. The van der Waals surface area contributed by atoms with Crippen molar-refractivity contribution in [3.63, 3.8) is 0 Å². The number of unbranched alkanes of at least 4 members (excludes halogenated alkanes) is 1. The zero-order chi connectivity index (χ0) is 25.9. The summed E-state index contributed by atoms with van der Waals surface area (Å²) in [7, 11) is 0. The van der Waals surface area contributed by atoms with Crippen LogP contribution in [0.25, 0.3) is 0 Å². The van der Waals surface area contributed by atoms with Crippen molar-refractivity contribution in [3.8, 4) is 0 Å². The summed E-state index contributed by atoms with van der Waals surface area (Å²) in [5.41, 5.74) is 17.5. The molecule has 2 amide bonds. The zero-order valence-electron chi connectivity index (χ0n) is 20.0. The van der Waals surface area contributed by atoms with Crippen molar-refractivity contribution in [2.75, 3.05) is 49.6 Å². The minimum Gasteiger partial charge on any atom is -0.382 e. The van der Waals surface area contributed by atoms with Crippen molar-refractivity contribution in [2.45, 2.75) is 31.8 Å². The predicted octanol–water partition coefficient (Wildman–Crippen LogP) is 1.24. The number of nitrogens with one attached hydrogen (secondary N) is 2. The molecule has 0 bridgehead atoms. The van der Waals surface area contributed by atoms with Crippen LogP contribution in [0.1, 0.15) is 36.2 Å². The minimum absolute atomic E-state index is 0.0385. The van der Waals surface area contributed by atoms with E-state index in [-0.39, 0.29) is 47.1 Å². The molecule has 194 valence electrons. The molecule has 0 unspecified atom stereocenters. The van der Waals surface area contributed by atoms with Crippen molar-refractivity contribution in [3.05, 3.63) is 41.2 Å². The van der Waals surface area contributed by atoms with E-state index in [4.69, 9.17) is 33.5 Å². The number of benzene rings is 1. The van der Waals surface area contributed by atoms with Crippen molar-refractivity contribution in [1.82, 2.24) is 20.2 Å². The number of carbonyl (C=O) groups is 2. The van der Waals surface area contributed by atoms with Crippen LogP contribution < -0.4 is 27.8 Å². The number of ether oxygens (including phenoxy) is 1. The molecule has 0 aliphatic carbocycles. The van der Waals surface area contributed by atoms with Gasteiger partial charge in [-0.15, -0.1) is 0 Å². The third-order valence-electron chi connectivity index (χ3n) is 5.57. The van der Waals surface area contributed by atoms with E-state index in [0.717, 1.165) is 51.0 Å². The van der Waals surface area contributed by atoms with Crippen LogP contribution in [-0.4, -0.2) is 71.5 Å². The fourth-order valence-electron chi connectivity index (χ4n) is 3.68. The molecule has 8 N–H and O–H groups in total. The molecule has 2 heterocycles. The van der Waals surface area contributed by atoms with Gasteiger partial charge in [-0.25, -0.2) is 9.97 Å². The highest BCUT2D eigenvalue weighted by molar-refractivity contribution is 6.31. The number of hydrogen-bond donors (Lipinski definition) is 5. The van der Waals surface area contributed by atoms with Gasteiger partial charge in [-0.2, -0.15) is 0 Å². The molecular formula is C23H32ClN9O3. The molecule has 0 saturated carbocycles. The fraction of sp³-hybridized carbons (Fsp3) is 0.435. The molecule has 2 aromatic rings. The van der Waals surface area contributed by atoms with Crippen molar-refractivity contribution >= 4 is 46.7 Å². The first-order valence-corrected chi connectivity index (χ1v) is 12.1. The molecule has 12 nitrogen and oxygen atoms in total. The van der Waals surface area contributed by atoms with E-state index in [0.29, 0.717) is 6.54 Å². The van der Waals surface area contributed by atoms with Crippen LogP contribution in [0, 0.1) is 0 Å². The number of aliphatic imine (C=N–C) groups is 1. The van der Waals surface area contributed by atoms with Gasteiger partial charge in [0.1, 0.15) is 6.61 Å². The summed E-state index contributed by atoms with van der Waals surface area (Å²) in [5, 5.41) is 5.12. The van der Waals surface area contributed by atoms with Gasteiger partial charge >= 0.3 is 0 Å². The van der Waals surface area contributed by atoms with Crippen LogP contribution in [0.2, 0.25) is 5.15 Å². The highest BCUT2D eigenvalue weighted by Crippen LogP contribution is 2.17. The lowest BCUT2D eigenvalue weighted by molar-refractivity contribution is -0.123. The maximum Gasteiger partial charge on any atom is 0.280 e. The Hall–Kier alpha value is -3.48. The third-order valence-corrected chi connectivity index (χ3v) is 5.85. The summed E-state index contributed by atoms with van der Waals surface area (Å²) in [4.78, 5) is 38.4. The predicted molar refractivity (Wildman–Crippen MR) is 140 cm³/mol. The lowest BCUT2D eigenvalue weighted by Gasteiger charge is -2.31. The maximum atomic E-state index is 12.2. The first kappa shape index (κ1) is 27.1. The van der Waals surface area contributed by atoms with E-state index in [1.54, 1.807) is 0 Å². The molecule has 1 aliphatic rings. The quantitative estimate of drug-likeness (QED) is 0.175. The SMILES string of the molecule is NC(=NCCCCN1CCC(OCC(=O)Nc2ccccc2)CC1)NC(=O)c1nc(Cl)c(N)nc1N. The van der Waals surface area contributed by atoms with Gasteiger partial charge in [-0.1, -0.05) is 29.8 Å². The number of rotatable bonds is 10. The minimum atomic E-state index is -0.661. The third kappa shape index (κ3) is 8.63. The number of hydrogen-bond acceptors (Lipinski definition) is 9. The lowest BCUT2D eigenvalue weighted by atomic mass is 10.1. The number of nitrogens with zero attached hydrogens (tertiary/aromatic N) is 4. The number of piperidine rings is 1. The topological polar surface area (TPSA) is 187 Å². The molecule has 0 radical (unpaired) electrons. The number of halogens is 1. The van der Waals surface area contributed by atoms with Gasteiger partial charge in [0.15, 0.2) is 28.4 Å². The van der Waals surface area contributed by atoms with E-state index >= 15 is 0 Å². The Morgan fingerprint density at radius 2 is 1.83 bits per heavy atom. The van der Waals surface area contributed by atoms with Gasteiger partial charge < -0.3 is 32.2 Å². The van der Waals surface area contributed by atoms with Crippen LogP contribution in [0.4, 0.5) is 17.3 Å². The molecule has 1 aliphatic heterocycles. The number of nitrogens with two attached hydrogens (primary N) is 3. The summed E-state index contributed by atoms with van der Waals surface area (Å²) in [6.45, 7) is 3.28. The van der Waals surface area contributed by atoms with Gasteiger partial charge in [-0.05, 0) is 44.4 Å². The Morgan fingerprint density at radius 3 is 2.56 bits per heavy atom. The average molecular weight is 518 g/mol.